The van der Waals surface area contributed by atoms with Crippen LogP contribution in [0.5, 0.6) is 0 Å². The number of halogens is 1. The molecule has 0 unspecified atom stereocenters. The quantitative estimate of drug-likeness (QED) is 0.946. The topological polar surface area (TPSA) is 46.2 Å². The zero-order chi connectivity index (χ0) is 14.9. The predicted octanol–water partition coefficient (Wildman–Crippen LogP) is 3.18. The van der Waals surface area contributed by atoms with Crippen molar-refractivity contribution in [2.75, 3.05) is 0 Å². The van der Waals surface area contributed by atoms with Crippen LogP contribution in [0, 0.1) is 5.82 Å². The second-order valence-electron chi connectivity index (χ2n) is 5.22. The molecule has 1 atom stereocenters. The minimum absolute atomic E-state index is 0.0365. The zero-order valence-electron chi connectivity index (χ0n) is 11.4. The third-order valence-corrected chi connectivity index (χ3v) is 5.24. The van der Waals surface area contributed by atoms with E-state index in [1.54, 1.807) is 0 Å². The van der Waals surface area contributed by atoms with Gasteiger partial charge in [-0.2, -0.15) is 0 Å². The number of sulfonamides is 1. The van der Waals surface area contributed by atoms with Gasteiger partial charge in [0.2, 0.25) is 10.0 Å². The van der Waals surface area contributed by atoms with Crippen LogP contribution in [0.1, 0.15) is 30.0 Å². The van der Waals surface area contributed by atoms with Gasteiger partial charge in [0, 0.05) is 6.04 Å². The maximum Gasteiger partial charge on any atom is 0.241 e. The number of benzene rings is 2. The number of aryl methyl sites for hydroxylation is 1. The molecule has 0 aromatic heterocycles. The molecule has 3 nitrogen and oxygen atoms in total. The Morgan fingerprint density at radius 1 is 1.10 bits per heavy atom. The normalized spacial score (nSPS) is 18.2. The molecule has 2 aromatic rings. The lowest BCUT2D eigenvalue weighted by Crippen LogP contribution is -2.31. The Labute approximate surface area is 123 Å². The van der Waals surface area contributed by atoms with Gasteiger partial charge in [-0.15, -0.1) is 0 Å². The van der Waals surface area contributed by atoms with Crippen molar-refractivity contribution in [2.24, 2.45) is 0 Å². The van der Waals surface area contributed by atoms with Gasteiger partial charge in [-0.05, 0) is 48.6 Å². The molecule has 3 rings (SSSR count). The highest BCUT2D eigenvalue weighted by Crippen LogP contribution is 2.30. The Morgan fingerprint density at radius 3 is 2.71 bits per heavy atom. The highest BCUT2D eigenvalue weighted by Gasteiger charge is 2.25. The molecule has 1 aliphatic carbocycles. The first-order chi connectivity index (χ1) is 10.1. The average Bonchev–Trinajstić information content (AvgIpc) is 2.47. The maximum atomic E-state index is 13.2. The molecule has 110 valence electrons. The Morgan fingerprint density at radius 2 is 1.90 bits per heavy atom. The van der Waals surface area contributed by atoms with E-state index < -0.39 is 15.8 Å². The van der Waals surface area contributed by atoms with Crippen LogP contribution < -0.4 is 4.72 Å². The third-order valence-electron chi connectivity index (χ3n) is 3.77. The second kappa shape index (κ2) is 5.58. The van der Waals surface area contributed by atoms with Crippen LogP contribution >= 0.6 is 0 Å². The fourth-order valence-corrected chi connectivity index (χ4v) is 4.05. The van der Waals surface area contributed by atoms with Crippen molar-refractivity contribution in [1.29, 1.82) is 0 Å². The van der Waals surface area contributed by atoms with E-state index in [9.17, 15) is 12.8 Å². The summed E-state index contributed by atoms with van der Waals surface area (Å²) in [7, 11) is -3.72. The van der Waals surface area contributed by atoms with Crippen LogP contribution in [0.15, 0.2) is 53.4 Å². The van der Waals surface area contributed by atoms with Gasteiger partial charge in [0.15, 0.2) is 0 Å². The summed E-state index contributed by atoms with van der Waals surface area (Å²) in [6.45, 7) is 0. The number of hydrogen-bond donors (Lipinski definition) is 1. The van der Waals surface area contributed by atoms with E-state index in [-0.39, 0.29) is 10.9 Å². The second-order valence-corrected chi connectivity index (χ2v) is 6.94. The van der Waals surface area contributed by atoms with Crippen LogP contribution in [-0.2, 0) is 16.4 Å². The first kappa shape index (κ1) is 14.2. The monoisotopic (exact) mass is 305 g/mol. The number of nitrogens with one attached hydrogen (secondary N) is 1. The van der Waals surface area contributed by atoms with Crippen molar-refractivity contribution >= 4 is 10.0 Å². The molecule has 0 aliphatic heterocycles. The number of rotatable bonds is 3. The molecule has 1 aliphatic rings. The smallest absolute Gasteiger partial charge is 0.207 e. The summed E-state index contributed by atoms with van der Waals surface area (Å²) in [5.41, 5.74) is 2.19. The molecule has 5 heteroatoms. The molecular formula is C16H16FNO2S. The van der Waals surface area contributed by atoms with Gasteiger partial charge in [-0.25, -0.2) is 17.5 Å². The minimum Gasteiger partial charge on any atom is -0.207 e. The van der Waals surface area contributed by atoms with Crippen molar-refractivity contribution in [3.05, 3.63) is 65.5 Å². The average molecular weight is 305 g/mol. The Balaban J connectivity index is 1.90. The van der Waals surface area contributed by atoms with Crippen molar-refractivity contribution in [2.45, 2.75) is 30.2 Å². The van der Waals surface area contributed by atoms with Crippen LogP contribution in [0.2, 0.25) is 0 Å². The Hall–Kier alpha value is -1.72. The van der Waals surface area contributed by atoms with Gasteiger partial charge in [-0.1, -0.05) is 30.3 Å². The van der Waals surface area contributed by atoms with Crippen LogP contribution in [0.4, 0.5) is 4.39 Å². The lowest BCUT2D eigenvalue weighted by Gasteiger charge is -2.26. The van der Waals surface area contributed by atoms with Gasteiger partial charge < -0.3 is 0 Å². The summed E-state index contributed by atoms with van der Waals surface area (Å²) in [6.07, 6.45) is 2.66. The molecule has 0 radical (unpaired) electrons. The van der Waals surface area contributed by atoms with E-state index in [1.165, 1.54) is 23.8 Å². The molecular weight excluding hydrogens is 289 g/mol. The summed E-state index contributed by atoms with van der Waals surface area (Å²) >= 11 is 0. The number of fused-ring (bicyclic) bond motifs is 1. The highest BCUT2D eigenvalue weighted by atomic mass is 32.2. The van der Waals surface area contributed by atoms with Crippen LogP contribution in [0.3, 0.4) is 0 Å². The van der Waals surface area contributed by atoms with Crippen molar-refractivity contribution in [3.8, 4) is 0 Å². The molecule has 0 heterocycles. The van der Waals surface area contributed by atoms with Crippen molar-refractivity contribution in [1.82, 2.24) is 4.72 Å². The third kappa shape index (κ3) is 2.99. The van der Waals surface area contributed by atoms with E-state index in [1.807, 2.05) is 24.3 Å². The molecule has 0 saturated carbocycles. The number of hydrogen-bond acceptors (Lipinski definition) is 2. The lowest BCUT2D eigenvalue weighted by atomic mass is 9.88. The van der Waals surface area contributed by atoms with E-state index in [0.717, 1.165) is 30.9 Å². The predicted molar refractivity (Wildman–Crippen MR) is 78.8 cm³/mol. The Kier molecular flexibility index (Phi) is 3.78. The van der Waals surface area contributed by atoms with Gasteiger partial charge in [0.05, 0.1) is 4.90 Å². The maximum absolute atomic E-state index is 13.2. The fraction of sp³-hybridized carbons (Fsp3) is 0.250. The molecule has 0 amide bonds. The summed E-state index contributed by atoms with van der Waals surface area (Å²) < 4.78 is 40.7. The standard InChI is InChI=1S/C16H16FNO2S/c17-13-7-4-8-14(11-13)21(19,20)18-16-10-3-6-12-5-1-2-9-15(12)16/h1-2,4-5,7-9,11,16,18H,3,6,10H2/t16-/m1/s1. The highest BCUT2D eigenvalue weighted by molar-refractivity contribution is 7.89. The largest absolute Gasteiger partial charge is 0.241 e. The van der Waals surface area contributed by atoms with E-state index in [4.69, 9.17) is 0 Å². The molecule has 0 saturated heterocycles. The van der Waals surface area contributed by atoms with Gasteiger partial charge in [-0.3, -0.25) is 0 Å². The minimum atomic E-state index is -3.72. The van der Waals surface area contributed by atoms with Gasteiger partial charge in [0.1, 0.15) is 5.82 Å². The molecule has 0 fully saturated rings. The van der Waals surface area contributed by atoms with E-state index >= 15 is 0 Å². The first-order valence-corrected chi connectivity index (χ1v) is 8.40. The van der Waals surface area contributed by atoms with Gasteiger partial charge >= 0.3 is 0 Å². The first-order valence-electron chi connectivity index (χ1n) is 6.92. The molecule has 0 bridgehead atoms. The Bertz CT molecular complexity index is 758. The summed E-state index contributed by atoms with van der Waals surface area (Å²) in [6, 6.07) is 12.7. The molecule has 1 N–H and O–H groups in total. The summed E-state index contributed by atoms with van der Waals surface area (Å²) in [4.78, 5) is -0.0365. The van der Waals surface area contributed by atoms with E-state index in [2.05, 4.69) is 4.72 Å². The zero-order valence-corrected chi connectivity index (χ0v) is 12.2. The van der Waals surface area contributed by atoms with Crippen molar-refractivity contribution < 1.29 is 12.8 Å². The van der Waals surface area contributed by atoms with Crippen LogP contribution in [0.25, 0.3) is 0 Å². The van der Waals surface area contributed by atoms with Gasteiger partial charge in [0.25, 0.3) is 0 Å². The molecule has 2 aromatic carbocycles. The molecule has 0 spiro atoms. The van der Waals surface area contributed by atoms with Crippen LogP contribution in [-0.4, -0.2) is 8.42 Å². The fourth-order valence-electron chi connectivity index (χ4n) is 2.77. The summed E-state index contributed by atoms with van der Waals surface area (Å²) in [5, 5.41) is 0. The van der Waals surface area contributed by atoms with E-state index in [0.29, 0.717) is 0 Å². The summed E-state index contributed by atoms with van der Waals surface area (Å²) in [5.74, 6) is -0.554. The lowest BCUT2D eigenvalue weighted by molar-refractivity contribution is 0.506. The molecule has 21 heavy (non-hydrogen) atoms. The van der Waals surface area contributed by atoms with Crippen molar-refractivity contribution in [3.63, 3.8) is 0 Å². The SMILES string of the molecule is O=S(=O)(N[C@@H]1CCCc2ccccc21)c1cccc(F)c1.